The third kappa shape index (κ3) is 3.49. The topological polar surface area (TPSA) is 41.6 Å². The molecule has 2 aromatic rings. The summed E-state index contributed by atoms with van der Waals surface area (Å²) in [7, 11) is 1.67. The second kappa shape index (κ2) is 7.14. The summed E-state index contributed by atoms with van der Waals surface area (Å²) in [6, 6.07) is 13.6. The molecule has 4 nitrogen and oxygen atoms in total. The summed E-state index contributed by atoms with van der Waals surface area (Å²) < 4.78 is 5.28. The van der Waals surface area contributed by atoms with Gasteiger partial charge >= 0.3 is 6.03 Å². The molecule has 1 unspecified atom stereocenters. The molecule has 126 valence electrons. The number of fused-ring (bicyclic) bond motifs is 1. The first kappa shape index (κ1) is 16.7. The highest BCUT2D eigenvalue weighted by Crippen LogP contribution is 2.31. The van der Waals surface area contributed by atoms with Gasteiger partial charge in [0.05, 0.1) is 13.2 Å². The van der Waals surface area contributed by atoms with Gasteiger partial charge in [0.15, 0.2) is 0 Å². The van der Waals surface area contributed by atoms with Crippen LogP contribution < -0.4 is 10.1 Å². The minimum Gasteiger partial charge on any atom is -0.497 e. The van der Waals surface area contributed by atoms with Crippen LogP contribution in [0.5, 0.6) is 5.75 Å². The number of urea groups is 1. The Bertz CT molecular complexity index is 748. The highest BCUT2D eigenvalue weighted by atomic mass is 35.5. The molecule has 0 fully saturated rings. The van der Waals surface area contributed by atoms with E-state index < -0.39 is 0 Å². The molecule has 1 N–H and O–H groups in total. The Morgan fingerprint density at radius 2 is 2.17 bits per heavy atom. The molecule has 2 aromatic carbocycles. The molecule has 1 atom stereocenters. The third-order valence-corrected chi connectivity index (χ3v) is 4.72. The molecule has 24 heavy (non-hydrogen) atoms. The lowest BCUT2D eigenvalue weighted by Crippen LogP contribution is -2.44. The lowest BCUT2D eigenvalue weighted by Gasteiger charge is -2.35. The van der Waals surface area contributed by atoms with Crippen LogP contribution in [0, 0.1) is 0 Å². The number of carbonyl (C=O) groups is 1. The molecular formula is C19H21ClN2O2. The Morgan fingerprint density at radius 3 is 2.92 bits per heavy atom. The first-order valence-electron chi connectivity index (χ1n) is 8.04. The van der Waals surface area contributed by atoms with E-state index in [-0.39, 0.29) is 12.1 Å². The summed E-state index contributed by atoms with van der Waals surface area (Å²) in [4.78, 5) is 14.4. The zero-order valence-electron chi connectivity index (χ0n) is 13.9. The molecule has 5 heteroatoms. The van der Waals surface area contributed by atoms with Crippen molar-refractivity contribution in [1.29, 1.82) is 0 Å². The van der Waals surface area contributed by atoms with Crippen molar-refractivity contribution in [2.75, 3.05) is 13.7 Å². The van der Waals surface area contributed by atoms with E-state index in [4.69, 9.17) is 16.3 Å². The molecule has 0 bridgehead atoms. The van der Waals surface area contributed by atoms with Gasteiger partial charge in [0.1, 0.15) is 5.75 Å². The maximum atomic E-state index is 12.6. The van der Waals surface area contributed by atoms with Crippen molar-refractivity contribution in [1.82, 2.24) is 10.2 Å². The van der Waals surface area contributed by atoms with E-state index in [1.807, 2.05) is 35.2 Å². The fourth-order valence-electron chi connectivity index (χ4n) is 3.14. The number of carbonyl (C=O) groups excluding carboxylic acids is 1. The average molecular weight is 345 g/mol. The van der Waals surface area contributed by atoms with Crippen molar-refractivity contribution in [2.45, 2.75) is 25.9 Å². The van der Waals surface area contributed by atoms with Crippen molar-refractivity contribution in [3.63, 3.8) is 0 Å². The number of ether oxygens (including phenoxy) is 1. The maximum Gasteiger partial charge on any atom is 0.318 e. The van der Waals surface area contributed by atoms with Crippen LogP contribution >= 0.6 is 11.6 Å². The first-order chi connectivity index (χ1) is 11.6. The Balaban J connectivity index is 1.67. The smallest absolute Gasteiger partial charge is 0.318 e. The maximum absolute atomic E-state index is 12.6. The van der Waals surface area contributed by atoms with Gasteiger partial charge in [-0.05, 0) is 54.3 Å². The summed E-state index contributed by atoms with van der Waals surface area (Å²) in [5.74, 6) is 0.861. The van der Waals surface area contributed by atoms with E-state index in [0.29, 0.717) is 18.1 Å². The van der Waals surface area contributed by atoms with E-state index in [2.05, 4.69) is 24.4 Å². The van der Waals surface area contributed by atoms with Crippen LogP contribution in [0.25, 0.3) is 0 Å². The number of benzene rings is 2. The van der Waals surface area contributed by atoms with Gasteiger partial charge in [-0.2, -0.15) is 0 Å². The quantitative estimate of drug-likeness (QED) is 0.907. The Kier molecular flexibility index (Phi) is 4.95. The zero-order chi connectivity index (χ0) is 17.1. The summed E-state index contributed by atoms with van der Waals surface area (Å²) in [6.07, 6.45) is 0.835. The number of nitrogens with zero attached hydrogens (tertiary/aromatic N) is 1. The predicted molar refractivity (Wildman–Crippen MR) is 95.5 cm³/mol. The van der Waals surface area contributed by atoms with E-state index in [1.165, 1.54) is 11.1 Å². The lowest BCUT2D eigenvalue weighted by molar-refractivity contribution is 0.174. The van der Waals surface area contributed by atoms with Gasteiger partial charge in [0, 0.05) is 18.1 Å². The number of amides is 2. The molecule has 0 aromatic heterocycles. The molecular weight excluding hydrogens is 324 g/mol. The molecule has 1 aliphatic heterocycles. The zero-order valence-corrected chi connectivity index (χ0v) is 14.6. The summed E-state index contributed by atoms with van der Waals surface area (Å²) in [5.41, 5.74) is 3.42. The minimum absolute atomic E-state index is 0.0408. The van der Waals surface area contributed by atoms with E-state index in [9.17, 15) is 4.79 Å². The standard InChI is InChI=1S/C19H21ClN2O2/c1-13-18-7-6-17(24-2)11-15(18)8-9-22(13)19(23)21-12-14-4-3-5-16(20)10-14/h3-7,10-11,13H,8-9,12H2,1-2H3,(H,21,23). The van der Waals surface area contributed by atoms with Gasteiger partial charge in [-0.15, -0.1) is 0 Å². The van der Waals surface area contributed by atoms with Crippen LogP contribution in [-0.4, -0.2) is 24.6 Å². The molecule has 1 aliphatic rings. The number of methoxy groups -OCH3 is 1. The molecule has 2 amide bonds. The number of halogens is 1. The fourth-order valence-corrected chi connectivity index (χ4v) is 3.35. The van der Waals surface area contributed by atoms with Gasteiger partial charge in [0.2, 0.25) is 0 Å². The third-order valence-electron chi connectivity index (χ3n) is 4.48. The minimum atomic E-state index is -0.0519. The van der Waals surface area contributed by atoms with Gasteiger partial charge in [-0.25, -0.2) is 4.79 Å². The largest absolute Gasteiger partial charge is 0.497 e. The Labute approximate surface area is 147 Å². The lowest BCUT2D eigenvalue weighted by atomic mass is 9.93. The number of nitrogens with one attached hydrogen (secondary N) is 1. The Hall–Kier alpha value is -2.20. The summed E-state index contributed by atoms with van der Waals surface area (Å²) >= 11 is 5.98. The van der Waals surface area contributed by atoms with Gasteiger partial charge in [-0.3, -0.25) is 0 Å². The van der Waals surface area contributed by atoms with Crippen molar-refractivity contribution in [2.24, 2.45) is 0 Å². The van der Waals surface area contributed by atoms with Crippen LogP contribution in [0.15, 0.2) is 42.5 Å². The van der Waals surface area contributed by atoms with Crippen LogP contribution in [0.4, 0.5) is 4.79 Å². The molecule has 0 saturated heterocycles. The van der Waals surface area contributed by atoms with Crippen LogP contribution in [0.2, 0.25) is 5.02 Å². The molecule has 3 rings (SSSR count). The van der Waals surface area contributed by atoms with Crippen molar-refractivity contribution >= 4 is 17.6 Å². The average Bonchev–Trinajstić information content (AvgIpc) is 2.59. The Morgan fingerprint density at radius 1 is 1.33 bits per heavy atom. The molecule has 1 heterocycles. The monoisotopic (exact) mass is 344 g/mol. The second-order valence-corrected chi connectivity index (χ2v) is 6.41. The molecule has 0 saturated carbocycles. The number of hydrogen-bond acceptors (Lipinski definition) is 2. The van der Waals surface area contributed by atoms with Gasteiger partial charge < -0.3 is 15.0 Å². The summed E-state index contributed by atoms with van der Waals surface area (Å²) in [6.45, 7) is 3.23. The van der Waals surface area contributed by atoms with Crippen molar-refractivity contribution in [3.05, 3.63) is 64.2 Å². The van der Waals surface area contributed by atoms with E-state index in [1.54, 1.807) is 7.11 Å². The van der Waals surface area contributed by atoms with Gasteiger partial charge in [0.25, 0.3) is 0 Å². The van der Waals surface area contributed by atoms with E-state index in [0.717, 1.165) is 17.7 Å². The fraction of sp³-hybridized carbons (Fsp3) is 0.316. The van der Waals surface area contributed by atoms with Crippen LogP contribution in [0.3, 0.4) is 0 Å². The highest BCUT2D eigenvalue weighted by Gasteiger charge is 2.27. The second-order valence-electron chi connectivity index (χ2n) is 5.97. The predicted octanol–water partition coefficient (Wildman–Crippen LogP) is 4.18. The summed E-state index contributed by atoms with van der Waals surface area (Å²) in [5, 5.41) is 3.66. The highest BCUT2D eigenvalue weighted by molar-refractivity contribution is 6.30. The molecule has 0 aliphatic carbocycles. The van der Waals surface area contributed by atoms with Crippen LogP contribution in [0.1, 0.15) is 29.7 Å². The molecule has 0 radical (unpaired) electrons. The van der Waals surface area contributed by atoms with Gasteiger partial charge in [-0.1, -0.05) is 29.8 Å². The normalized spacial score (nSPS) is 16.5. The SMILES string of the molecule is COc1ccc2c(c1)CCN(C(=O)NCc1cccc(Cl)c1)C2C. The number of rotatable bonds is 3. The first-order valence-corrected chi connectivity index (χ1v) is 8.42. The van der Waals surface area contributed by atoms with Crippen molar-refractivity contribution < 1.29 is 9.53 Å². The van der Waals surface area contributed by atoms with Crippen molar-refractivity contribution in [3.8, 4) is 5.75 Å². The van der Waals surface area contributed by atoms with Crippen LogP contribution in [-0.2, 0) is 13.0 Å². The van der Waals surface area contributed by atoms with E-state index >= 15 is 0 Å². The number of hydrogen-bond donors (Lipinski definition) is 1. The molecule has 0 spiro atoms.